The number of pyridine rings is 1. The van der Waals surface area contributed by atoms with Crippen molar-refractivity contribution in [3.8, 4) is 5.82 Å². The number of likely N-dealkylation sites (tertiary alicyclic amines) is 1. The van der Waals surface area contributed by atoms with E-state index in [1.54, 1.807) is 6.07 Å². The van der Waals surface area contributed by atoms with Crippen molar-refractivity contribution in [1.29, 1.82) is 0 Å². The summed E-state index contributed by atoms with van der Waals surface area (Å²) in [6, 6.07) is 5.76. The van der Waals surface area contributed by atoms with E-state index in [1.807, 2.05) is 36.3 Å². The quantitative estimate of drug-likeness (QED) is 0.414. The molecule has 7 nitrogen and oxygen atoms in total. The van der Waals surface area contributed by atoms with Gasteiger partial charge in [-0.25, -0.2) is 14.6 Å². The van der Waals surface area contributed by atoms with Crippen molar-refractivity contribution in [3.05, 3.63) is 81.2 Å². The van der Waals surface area contributed by atoms with Crippen molar-refractivity contribution in [2.75, 3.05) is 19.7 Å². The van der Waals surface area contributed by atoms with Crippen LogP contribution >= 0.6 is 11.3 Å². The molecule has 9 heteroatoms. The molecule has 0 aromatic carbocycles. The second-order valence-corrected chi connectivity index (χ2v) is 10.5. The molecule has 1 saturated heterocycles. The Morgan fingerprint density at radius 2 is 1.97 bits per heavy atom. The molecule has 2 aliphatic heterocycles. The van der Waals surface area contributed by atoms with E-state index in [4.69, 9.17) is 9.84 Å². The van der Waals surface area contributed by atoms with Gasteiger partial charge in [-0.3, -0.25) is 4.90 Å². The van der Waals surface area contributed by atoms with Gasteiger partial charge in [0.1, 0.15) is 11.4 Å². The number of thiophene rings is 1. The van der Waals surface area contributed by atoms with Gasteiger partial charge in [-0.1, -0.05) is 6.07 Å². The molecule has 182 valence electrons. The largest absolute Gasteiger partial charge is 0.369 e. The van der Waals surface area contributed by atoms with Crippen LogP contribution in [0.2, 0.25) is 0 Å². The number of fused-ring (bicyclic) bond motifs is 2. The van der Waals surface area contributed by atoms with Gasteiger partial charge in [-0.05, 0) is 50.8 Å². The monoisotopic (exact) mass is 492 g/mol. The molecule has 0 radical (unpaired) electrons. The Morgan fingerprint density at radius 3 is 2.77 bits per heavy atom. The Hall–Kier alpha value is -2.88. The van der Waals surface area contributed by atoms with Crippen LogP contribution in [0.1, 0.15) is 45.9 Å². The lowest BCUT2D eigenvalue weighted by Crippen LogP contribution is -2.45. The van der Waals surface area contributed by atoms with Crippen molar-refractivity contribution < 1.29 is 9.13 Å². The molecule has 0 bridgehead atoms. The molecule has 4 aromatic rings. The van der Waals surface area contributed by atoms with E-state index in [9.17, 15) is 4.39 Å². The minimum absolute atomic E-state index is 0.0950. The minimum atomic E-state index is -0.313. The first-order chi connectivity index (χ1) is 17.0. The molecule has 0 amide bonds. The fourth-order valence-electron chi connectivity index (χ4n) is 5.35. The zero-order valence-corrected chi connectivity index (χ0v) is 20.9. The molecule has 6 rings (SSSR count). The Balaban J connectivity index is 1.18. The molecule has 0 N–H and O–H groups in total. The van der Waals surface area contributed by atoms with Gasteiger partial charge < -0.3 is 9.30 Å². The molecule has 0 saturated carbocycles. The van der Waals surface area contributed by atoms with Crippen molar-refractivity contribution in [2.24, 2.45) is 0 Å². The standard InChI is InChI=1S/C26H29FN6OS/c1-18-22(15-31-10-6-26(7-11-31)24-20(5-13-34-26)14-23(27)35-24)17-33(30-18)25-21(4-3-8-29-25)16-32-12-9-28-19(32)2/h3-4,8-9,12,14,17H,5-7,10-11,13,15-16H2,1-2H3. The van der Waals surface area contributed by atoms with Crippen LogP contribution in [-0.4, -0.2) is 48.9 Å². The topological polar surface area (TPSA) is 61.0 Å². The lowest BCUT2D eigenvalue weighted by Gasteiger charge is -2.43. The number of rotatable bonds is 5. The molecular weight excluding hydrogens is 463 g/mol. The van der Waals surface area contributed by atoms with E-state index in [0.717, 1.165) is 72.2 Å². The highest BCUT2D eigenvalue weighted by atomic mass is 32.1. The maximum Gasteiger partial charge on any atom is 0.177 e. The zero-order valence-electron chi connectivity index (χ0n) is 20.1. The Bertz CT molecular complexity index is 1350. The van der Waals surface area contributed by atoms with Gasteiger partial charge >= 0.3 is 0 Å². The highest BCUT2D eigenvalue weighted by Crippen LogP contribution is 2.45. The SMILES string of the molecule is Cc1nn(-c2ncccc2Cn2ccnc2C)cc1CN1CCC2(CC1)OCCc1cc(F)sc12. The lowest BCUT2D eigenvalue weighted by atomic mass is 9.85. The Kier molecular flexibility index (Phi) is 5.78. The first-order valence-corrected chi connectivity index (χ1v) is 12.9. The third-order valence-corrected chi connectivity index (χ3v) is 8.50. The average molecular weight is 493 g/mol. The summed E-state index contributed by atoms with van der Waals surface area (Å²) in [7, 11) is 0. The number of ether oxygens (including phenoxy) is 1. The van der Waals surface area contributed by atoms with Gasteiger partial charge in [-0.15, -0.1) is 11.3 Å². The van der Waals surface area contributed by atoms with Gasteiger partial charge in [0, 0.05) is 60.4 Å². The van der Waals surface area contributed by atoms with Gasteiger partial charge in [0.05, 0.1) is 18.8 Å². The number of hydrogen-bond acceptors (Lipinski definition) is 6. The third-order valence-electron chi connectivity index (χ3n) is 7.35. The molecule has 1 fully saturated rings. The summed E-state index contributed by atoms with van der Waals surface area (Å²) in [5.74, 6) is 1.81. The number of hydrogen-bond donors (Lipinski definition) is 0. The predicted molar refractivity (Wildman–Crippen MR) is 132 cm³/mol. The third kappa shape index (κ3) is 4.22. The lowest BCUT2D eigenvalue weighted by molar-refractivity contribution is -0.0960. The summed E-state index contributed by atoms with van der Waals surface area (Å²) in [4.78, 5) is 12.5. The van der Waals surface area contributed by atoms with Gasteiger partial charge in [-0.2, -0.15) is 9.49 Å². The van der Waals surface area contributed by atoms with Crippen LogP contribution in [0.25, 0.3) is 5.82 Å². The van der Waals surface area contributed by atoms with Crippen molar-refractivity contribution in [2.45, 2.75) is 51.8 Å². The summed E-state index contributed by atoms with van der Waals surface area (Å²) < 4.78 is 24.3. The van der Waals surface area contributed by atoms with E-state index in [0.29, 0.717) is 13.2 Å². The fraction of sp³-hybridized carbons (Fsp3) is 0.423. The summed E-state index contributed by atoms with van der Waals surface area (Å²) >= 11 is 1.27. The second kappa shape index (κ2) is 8.96. The number of imidazole rings is 1. The molecule has 35 heavy (non-hydrogen) atoms. The fourth-order valence-corrected chi connectivity index (χ4v) is 6.48. The van der Waals surface area contributed by atoms with Gasteiger partial charge in [0.2, 0.25) is 0 Å². The van der Waals surface area contributed by atoms with Crippen LogP contribution in [0.5, 0.6) is 0 Å². The maximum atomic E-state index is 14.0. The molecule has 1 spiro atoms. The highest BCUT2D eigenvalue weighted by molar-refractivity contribution is 7.10. The van der Waals surface area contributed by atoms with Crippen molar-refractivity contribution >= 4 is 11.3 Å². The average Bonchev–Trinajstić information content (AvgIpc) is 3.55. The second-order valence-electron chi connectivity index (χ2n) is 9.55. The first-order valence-electron chi connectivity index (χ1n) is 12.1. The highest BCUT2D eigenvalue weighted by Gasteiger charge is 2.42. The summed E-state index contributed by atoms with van der Waals surface area (Å²) in [6.07, 6.45) is 10.3. The number of aryl methyl sites for hydroxylation is 2. The number of piperidine rings is 1. The Labute approximate surface area is 208 Å². The predicted octanol–water partition coefficient (Wildman–Crippen LogP) is 4.39. The molecule has 6 heterocycles. The molecular formula is C26H29FN6OS. The molecule has 0 atom stereocenters. The molecule has 4 aromatic heterocycles. The van der Waals surface area contributed by atoms with Crippen molar-refractivity contribution in [1.82, 2.24) is 29.2 Å². The summed E-state index contributed by atoms with van der Waals surface area (Å²) in [6.45, 7) is 8.10. The first kappa shape index (κ1) is 22.6. The molecule has 0 aliphatic carbocycles. The van der Waals surface area contributed by atoms with E-state index in [-0.39, 0.29) is 10.7 Å². The normalized spacial score (nSPS) is 17.7. The van der Waals surface area contributed by atoms with Crippen LogP contribution in [0.4, 0.5) is 4.39 Å². The van der Waals surface area contributed by atoms with Crippen LogP contribution in [0.15, 0.2) is 43.0 Å². The summed E-state index contributed by atoms with van der Waals surface area (Å²) in [5, 5.41) is 4.72. The van der Waals surface area contributed by atoms with Gasteiger partial charge in [0.15, 0.2) is 10.9 Å². The molecule has 0 unspecified atom stereocenters. The number of nitrogens with zero attached hydrogens (tertiary/aromatic N) is 6. The van der Waals surface area contributed by atoms with E-state index < -0.39 is 0 Å². The van der Waals surface area contributed by atoms with Crippen LogP contribution < -0.4 is 0 Å². The zero-order chi connectivity index (χ0) is 24.0. The smallest absolute Gasteiger partial charge is 0.177 e. The maximum absolute atomic E-state index is 14.0. The minimum Gasteiger partial charge on any atom is -0.369 e. The van der Waals surface area contributed by atoms with Crippen LogP contribution in [0, 0.1) is 19.0 Å². The van der Waals surface area contributed by atoms with E-state index >= 15 is 0 Å². The number of aromatic nitrogens is 5. The van der Waals surface area contributed by atoms with E-state index in [1.165, 1.54) is 16.9 Å². The van der Waals surface area contributed by atoms with Crippen molar-refractivity contribution in [3.63, 3.8) is 0 Å². The van der Waals surface area contributed by atoms with E-state index in [2.05, 4.69) is 38.6 Å². The number of halogens is 1. The van der Waals surface area contributed by atoms with Crippen LogP contribution in [0.3, 0.4) is 0 Å². The molecule has 2 aliphatic rings. The Morgan fingerprint density at radius 1 is 1.11 bits per heavy atom. The van der Waals surface area contributed by atoms with Gasteiger partial charge in [0.25, 0.3) is 0 Å². The summed E-state index contributed by atoms with van der Waals surface area (Å²) in [5.41, 5.74) is 4.13. The van der Waals surface area contributed by atoms with Crippen LogP contribution in [-0.2, 0) is 29.8 Å².